The number of fused-ring (bicyclic) bond motifs is 1. The molecule has 1 fully saturated rings. The fourth-order valence-corrected chi connectivity index (χ4v) is 2.81. The van der Waals surface area contributed by atoms with Crippen molar-refractivity contribution in [1.82, 2.24) is 9.38 Å². The fourth-order valence-electron chi connectivity index (χ4n) is 2.81. The van der Waals surface area contributed by atoms with Gasteiger partial charge in [-0.15, -0.1) is 0 Å². The number of carbonyl (C=O) groups is 1. The average Bonchev–Trinajstić information content (AvgIpc) is 2.85. The largest absolute Gasteiger partial charge is 0.310 e. The molecule has 1 amide bonds. The van der Waals surface area contributed by atoms with E-state index in [0.717, 1.165) is 30.5 Å². The van der Waals surface area contributed by atoms with Crippen molar-refractivity contribution in [2.24, 2.45) is 5.92 Å². The summed E-state index contributed by atoms with van der Waals surface area (Å²) in [5, 5.41) is 3.02. The molecule has 0 aliphatic heterocycles. The Morgan fingerprint density at radius 3 is 2.65 bits per heavy atom. The molecule has 5 heteroatoms. The van der Waals surface area contributed by atoms with Gasteiger partial charge in [-0.25, -0.2) is 9.37 Å². The number of nitrogens with zero attached hydrogens (tertiary/aromatic N) is 2. The summed E-state index contributed by atoms with van der Waals surface area (Å²) in [4.78, 5) is 17.0. The molecule has 1 aromatic carbocycles. The maximum absolute atomic E-state index is 13.2. The van der Waals surface area contributed by atoms with Gasteiger partial charge in [-0.1, -0.05) is 12.5 Å². The van der Waals surface area contributed by atoms with E-state index in [1.165, 1.54) is 12.1 Å². The van der Waals surface area contributed by atoms with Crippen LogP contribution >= 0.6 is 0 Å². The Hall–Kier alpha value is -2.69. The summed E-state index contributed by atoms with van der Waals surface area (Å²) in [6.07, 6.45) is 4.85. The zero-order chi connectivity index (χ0) is 15.8. The highest BCUT2D eigenvalue weighted by Crippen LogP contribution is 2.32. The number of hydrogen-bond acceptors (Lipinski definition) is 2. The summed E-state index contributed by atoms with van der Waals surface area (Å²) in [6.45, 7) is 0. The fraction of sp³-hybridized carbons (Fsp3) is 0.222. The second kappa shape index (κ2) is 5.50. The molecule has 0 spiro atoms. The van der Waals surface area contributed by atoms with Gasteiger partial charge in [0.25, 0.3) is 0 Å². The zero-order valence-corrected chi connectivity index (χ0v) is 12.5. The topological polar surface area (TPSA) is 46.4 Å². The lowest BCUT2D eigenvalue weighted by Gasteiger charge is -2.24. The number of imidazole rings is 1. The van der Waals surface area contributed by atoms with E-state index in [1.54, 1.807) is 12.1 Å². The van der Waals surface area contributed by atoms with Crippen LogP contribution in [0.2, 0.25) is 0 Å². The van der Waals surface area contributed by atoms with Crippen molar-refractivity contribution in [3.05, 3.63) is 54.5 Å². The first-order valence-electron chi connectivity index (χ1n) is 7.76. The molecule has 4 nitrogen and oxygen atoms in total. The average molecular weight is 309 g/mol. The Bertz CT molecular complexity index is 866. The molecule has 116 valence electrons. The van der Waals surface area contributed by atoms with E-state index in [-0.39, 0.29) is 17.6 Å². The number of pyridine rings is 1. The van der Waals surface area contributed by atoms with E-state index in [4.69, 9.17) is 0 Å². The van der Waals surface area contributed by atoms with E-state index < -0.39 is 0 Å². The van der Waals surface area contributed by atoms with Gasteiger partial charge in [0.05, 0.1) is 0 Å². The lowest BCUT2D eigenvalue weighted by Crippen LogP contribution is -2.28. The van der Waals surface area contributed by atoms with Gasteiger partial charge >= 0.3 is 0 Å². The van der Waals surface area contributed by atoms with Crippen LogP contribution in [0.4, 0.5) is 10.2 Å². The molecule has 2 aromatic heterocycles. The number of nitrogens with one attached hydrogen (secondary N) is 1. The number of aromatic nitrogens is 2. The van der Waals surface area contributed by atoms with Gasteiger partial charge in [-0.3, -0.25) is 9.20 Å². The van der Waals surface area contributed by atoms with E-state index in [2.05, 4.69) is 10.3 Å². The van der Waals surface area contributed by atoms with Gasteiger partial charge in [0.15, 0.2) is 0 Å². The maximum atomic E-state index is 13.2. The molecule has 3 aromatic rings. The van der Waals surface area contributed by atoms with E-state index >= 15 is 0 Å². The summed E-state index contributed by atoms with van der Waals surface area (Å²) < 4.78 is 15.0. The second-order valence-corrected chi connectivity index (χ2v) is 5.86. The van der Waals surface area contributed by atoms with Crippen LogP contribution in [0.5, 0.6) is 0 Å². The van der Waals surface area contributed by atoms with Crippen LogP contribution in [0.15, 0.2) is 48.7 Å². The summed E-state index contributed by atoms with van der Waals surface area (Å²) in [5.41, 5.74) is 2.18. The smallest absolute Gasteiger partial charge is 0.228 e. The Kier molecular flexibility index (Phi) is 3.33. The number of halogens is 1. The lowest BCUT2D eigenvalue weighted by molar-refractivity contribution is -0.122. The highest BCUT2D eigenvalue weighted by molar-refractivity contribution is 5.96. The molecule has 1 aliphatic rings. The Labute approximate surface area is 133 Å². The molecule has 1 N–H and O–H groups in total. The summed E-state index contributed by atoms with van der Waals surface area (Å²) in [7, 11) is 0. The Morgan fingerprint density at radius 1 is 1.17 bits per heavy atom. The zero-order valence-electron chi connectivity index (χ0n) is 12.5. The molecule has 4 rings (SSSR count). The molecule has 0 bridgehead atoms. The van der Waals surface area contributed by atoms with Crippen LogP contribution in [0, 0.1) is 11.7 Å². The number of rotatable bonds is 3. The second-order valence-electron chi connectivity index (χ2n) is 5.86. The van der Waals surface area contributed by atoms with E-state index in [9.17, 15) is 9.18 Å². The maximum Gasteiger partial charge on any atom is 0.228 e. The van der Waals surface area contributed by atoms with Crippen LogP contribution < -0.4 is 5.32 Å². The lowest BCUT2D eigenvalue weighted by atomic mass is 9.85. The summed E-state index contributed by atoms with van der Waals surface area (Å²) in [5.74, 6) is 0.470. The Balaban J connectivity index is 1.80. The summed E-state index contributed by atoms with van der Waals surface area (Å²) >= 11 is 0. The monoisotopic (exact) mass is 309 g/mol. The molecule has 0 atom stereocenters. The quantitative estimate of drug-likeness (QED) is 0.798. The van der Waals surface area contributed by atoms with Crippen molar-refractivity contribution in [1.29, 1.82) is 0 Å². The minimum Gasteiger partial charge on any atom is -0.310 e. The molecular formula is C18H16FN3O. The third-order valence-corrected chi connectivity index (χ3v) is 4.37. The van der Waals surface area contributed by atoms with Gasteiger partial charge in [0.1, 0.15) is 23.0 Å². The van der Waals surface area contributed by atoms with E-state index in [0.29, 0.717) is 11.5 Å². The molecule has 2 heterocycles. The van der Waals surface area contributed by atoms with Crippen LogP contribution in [0.1, 0.15) is 19.3 Å². The van der Waals surface area contributed by atoms with Gasteiger partial charge in [-0.2, -0.15) is 0 Å². The van der Waals surface area contributed by atoms with Gasteiger partial charge in [0, 0.05) is 17.7 Å². The minimum absolute atomic E-state index is 0.0327. The molecule has 1 saturated carbocycles. The third kappa shape index (κ3) is 2.48. The minimum atomic E-state index is -0.294. The molecule has 0 unspecified atom stereocenters. The molecule has 0 saturated heterocycles. The highest BCUT2D eigenvalue weighted by atomic mass is 19.1. The van der Waals surface area contributed by atoms with Crippen LogP contribution in [-0.2, 0) is 4.79 Å². The van der Waals surface area contributed by atoms with Crippen molar-refractivity contribution >= 4 is 17.4 Å². The highest BCUT2D eigenvalue weighted by Gasteiger charge is 2.27. The predicted molar refractivity (Wildman–Crippen MR) is 86.6 cm³/mol. The van der Waals surface area contributed by atoms with Crippen LogP contribution in [0.3, 0.4) is 0 Å². The normalized spacial score (nSPS) is 14.7. The first-order valence-corrected chi connectivity index (χ1v) is 7.76. The Morgan fingerprint density at radius 2 is 1.96 bits per heavy atom. The van der Waals surface area contributed by atoms with Crippen molar-refractivity contribution in [2.75, 3.05) is 5.32 Å². The first kappa shape index (κ1) is 13.9. The molecular weight excluding hydrogens is 293 g/mol. The number of amides is 1. The molecule has 23 heavy (non-hydrogen) atoms. The molecule has 1 aliphatic carbocycles. The summed E-state index contributed by atoms with van der Waals surface area (Å²) in [6, 6.07) is 11.8. The van der Waals surface area contributed by atoms with E-state index in [1.807, 2.05) is 28.8 Å². The van der Waals surface area contributed by atoms with Crippen molar-refractivity contribution in [3.8, 4) is 11.3 Å². The molecule has 0 radical (unpaired) electrons. The number of benzene rings is 1. The van der Waals surface area contributed by atoms with Gasteiger partial charge in [-0.05, 0) is 49.2 Å². The number of anilines is 1. The third-order valence-electron chi connectivity index (χ3n) is 4.37. The standard InChI is InChI=1S/C18H16FN3O/c19-14-9-7-12(8-10-14)16-17(21-18(23)13-4-3-5-13)22-11-2-1-6-15(22)20-16/h1-2,6-11,13H,3-5H2,(H,21,23). The van der Waals surface area contributed by atoms with Gasteiger partial charge < -0.3 is 5.32 Å². The van der Waals surface area contributed by atoms with Crippen molar-refractivity contribution < 1.29 is 9.18 Å². The van der Waals surface area contributed by atoms with Gasteiger partial charge in [0.2, 0.25) is 5.91 Å². The van der Waals surface area contributed by atoms with Crippen molar-refractivity contribution in [2.45, 2.75) is 19.3 Å². The SMILES string of the molecule is O=C(Nc1c(-c2ccc(F)cc2)nc2ccccn12)C1CCC1. The first-order chi connectivity index (χ1) is 11.2. The number of carbonyl (C=O) groups excluding carboxylic acids is 1. The van der Waals surface area contributed by atoms with Crippen LogP contribution in [0.25, 0.3) is 16.9 Å². The predicted octanol–water partition coefficient (Wildman–Crippen LogP) is 3.88. The van der Waals surface area contributed by atoms with Crippen LogP contribution in [-0.4, -0.2) is 15.3 Å². The van der Waals surface area contributed by atoms with Crippen molar-refractivity contribution in [3.63, 3.8) is 0 Å². The number of hydrogen-bond donors (Lipinski definition) is 1.